The Balaban J connectivity index is 1.67. The van der Waals surface area contributed by atoms with Crippen LogP contribution in [-0.4, -0.2) is 6.04 Å². The standard InChI is InChI=1S/C13H18ClNS/c1-8(9-3-2-4-9)15-11-5-6-12-10(11)7-13(14)16-12/h7-9,11,15H,2-6H2,1H3. The maximum atomic E-state index is 6.07. The van der Waals surface area contributed by atoms with E-state index in [1.807, 2.05) is 0 Å². The van der Waals surface area contributed by atoms with Crippen LogP contribution in [-0.2, 0) is 6.42 Å². The average Bonchev–Trinajstić information content (AvgIpc) is 2.64. The van der Waals surface area contributed by atoms with Crippen molar-refractivity contribution in [2.24, 2.45) is 5.92 Å². The zero-order chi connectivity index (χ0) is 11.1. The van der Waals surface area contributed by atoms with E-state index in [4.69, 9.17) is 11.6 Å². The number of halogens is 1. The van der Waals surface area contributed by atoms with E-state index in [9.17, 15) is 0 Å². The van der Waals surface area contributed by atoms with Crippen molar-refractivity contribution < 1.29 is 0 Å². The zero-order valence-corrected chi connectivity index (χ0v) is 11.2. The van der Waals surface area contributed by atoms with E-state index in [0.717, 1.165) is 10.3 Å². The molecule has 3 heteroatoms. The predicted octanol–water partition coefficient (Wildman–Crippen LogP) is 4.17. The highest BCUT2D eigenvalue weighted by molar-refractivity contribution is 7.16. The molecule has 1 aromatic rings. The van der Waals surface area contributed by atoms with Gasteiger partial charge in [-0.05, 0) is 50.2 Å². The molecule has 1 saturated carbocycles. The molecule has 0 aromatic carbocycles. The first-order valence-corrected chi connectivity index (χ1v) is 7.47. The number of fused-ring (bicyclic) bond motifs is 1. The second-order valence-corrected chi connectivity index (χ2v) is 6.93. The van der Waals surface area contributed by atoms with Crippen LogP contribution in [0.3, 0.4) is 0 Å². The molecule has 1 N–H and O–H groups in total. The van der Waals surface area contributed by atoms with Crippen LogP contribution in [0.15, 0.2) is 6.07 Å². The molecule has 16 heavy (non-hydrogen) atoms. The molecule has 2 aliphatic carbocycles. The molecule has 1 fully saturated rings. The third-order valence-electron chi connectivity index (χ3n) is 4.17. The largest absolute Gasteiger partial charge is 0.307 e. The lowest BCUT2D eigenvalue weighted by molar-refractivity contribution is 0.226. The summed E-state index contributed by atoms with van der Waals surface area (Å²) in [7, 11) is 0. The highest BCUT2D eigenvalue weighted by Gasteiger charge is 2.30. The summed E-state index contributed by atoms with van der Waals surface area (Å²) in [5.74, 6) is 0.915. The lowest BCUT2D eigenvalue weighted by Crippen LogP contribution is -2.38. The fraction of sp³-hybridized carbons (Fsp3) is 0.692. The summed E-state index contributed by atoms with van der Waals surface area (Å²) in [5.41, 5.74) is 1.47. The molecule has 0 bridgehead atoms. The van der Waals surface area contributed by atoms with E-state index in [2.05, 4.69) is 18.3 Å². The van der Waals surface area contributed by atoms with Crippen LogP contribution >= 0.6 is 22.9 Å². The van der Waals surface area contributed by atoms with Crippen molar-refractivity contribution in [3.05, 3.63) is 20.8 Å². The Labute approximate surface area is 106 Å². The number of nitrogens with one attached hydrogen (secondary N) is 1. The van der Waals surface area contributed by atoms with Gasteiger partial charge in [-0.1, -0.05) is 18.0 Å². The van der Waals surface area contributed by atoms with E-state index < -0.39 is 0 Å². The molecular formula is C13H18ClNS. The first-order valence-electron chi connectivity index (χ1n) is 6.28. The minimum Gasteiger partial charge on any atom is -0.307 e. The summed E-state index contributed by atoms with van der Waals surface area (Å²) in [6, 6.07) is 3.40. The molecule has 3 rings (SSSR count). The lowest BCUT2D eigenvalue weighted by Gasteiger charge is -2.34. The van der Waals surface area contributed by atoms with Gasteiger partial charge in [0.05, 0.1) is 4.34 Å². The van der Waals surface area contributed by atoms with Crippen LogP contribution in [0.5, 0.6) is 0 Å². The minimum atomic E-state index is 0.564. The monoisotopic (exact) mass is 255 g/mol. The highest BCUT2D eigenvalue weighted by Crippen LogP contribution is 2.40. The Hall–Kier alpha value is -0.0500. The minimum absolute atomic E-state index is 0.564. The van der Waals surface area contributed by atoms with E-state index >= 15 is 0 Å². The van der Waals surface area contributed by atoms with Gasteiger partial charge < -0.3 is 5.32 Å². The number of aryl methyl sites for hydroxylation is 1. The molecule has 88 valence electrons. The van der Waals surface area contributed by atoms with Gasteiger partial charge in [0.2, 0.25) is 0 Å². The number of rotatable bonds is 3. The van der Waals surface area contributed by atoms with Crippen molar-refractivity contribution >= 4 is 22.9 Å². The summed E-state index contributed by atoms with van der Waals surface area (Å²) >= 11 is 7.83. The van der Waals surface area contributed by atoms with Gasteiger partial charge in [0.25, 0.3) is 0 Å². The molecule has 0 aliphatic heterocycles. The van der Waals surface area contributed by atoms with Crippen LogP contribution < -0.4 is 5.32 Å². The van der Waals surface area contributed by atoms with Gasteiger partial charge >= 0.3 is 0 Å². The first-order chi connectivity index (χ1) is 7.74. The second kappa shape index (κ2) is 4.32. The Morgan fingerprint density at radius 1 is 1.44 bits per heavy atom. The summed E-state index contributed by atoms with van der Waals surface area (Å²) < 4.78 is 0.952. The van der Waals surface area contributed by atoms with Crippen molar-refractivity contribution in [1.82, 2.24) is 5.32 Å². The Kier molecular flexibility index (Phi) is 2.99. The highest BCUT2D eigenvalue weighted by atomic mass is 35.5. The molecule has 1 aromatic heterocycles. The van der Waals surface area contributed by atoms with Crippen LogP contribution in [0.25, 0.3) is 0 Å². The maximum Gasteiger partial charge on any atom is 0.0934 e. The Morgan fingerprint density at radius 2 is 2.25 bits per heavy atom. The molecule has 2 aliphatic rings. The molecule has 0 radical (unpaired) electrons. The topological polar surface area (TPSA) is 12.0 Å². The summed E-state index contributed by atoms with van der Waals surface area (Å²) in [5, 5.41) is 3.80. The average molecular weight is 256 g/mol. The van der Waals surface area contributed by atoms with E-state index in [0.29, 0.717) is 12.1 Å². The maximum absolute atomic E-state index is 6.07. The lowest BCUT2D eigenvalue weighted by atomic mass is 9.80. The van der Waals surface area contributed by atoms with Crippen molar-refractivity contribution in [2.45, 2.75) is 51.1 Å². The normalized spacial score (nSPS) is 26.5. The fourth-order valence-electron chi connectivity index (χ4n) is 2.90. The fourth-order valence-corrected chi connectivity index (χ4v) is 4.25. The van der Waals surface area contributed by atoms with Gasteiger partial charge in [0.1, 0.15) is 0 Å². The van der Waals surface area contributed by atoms with E-state index in [1.54, 1.807) is 11.3 Å². The van der Waals surface area contributed by atoms with Gasteiger partial charge in [0, 0.05) is 17.0 Å². The van der Waals surface area contributed by atoms with Crippen LogP contribution in [0.1, 0.15) is 49.1 Å². The van der Waals surface area contributed by atoms with E-state index in [-0.39, 0.29) is 0 Å². The van der Waals surface area contributed by atoms with E-state index in [1.165, 1.54) is 42.5 Å². The predicted molar refractivity (Wildman–Crippen MR) is 70.3 cm³/mol. The molecule has 1 nitrogen and oxygen atoms in total. The van der Waals surface area contributed by atoms with Crippen molar-refractivity contribution in [2.75, 3.05) is 0 Å². The number of thiophene rings is 1. The van der Waals surface area contributed by atoms with Crippen LogP contribution in [0.4, 0.5) is 0 Å². The SMILES string of the molecule is CC(NC1CCc2sc(Cl)cc21)C1CCC1. The molecule has 2 atom stereocenters. The molecule has 1 heterocycles. The van der Waals surface area contributed by atoms with Gasteiger partial charge in [-0.2, -0.15) is 0 Å². The van der Waals surface area contributed by atoms with Gasteiger partial charge in [-0.3, -0.25) is 0 Å². The first kappa shape index (κ1) is 11.1. The smallest absolute Gasteiger partial charge is 0.0934 e. The molecule has 0 amide bonds. The van der Waals surface area contributed by atoms with Crippen LogP contribution in [0, 0.1) is 5.92 Å². The van der Waals surface area contributed by atoms with Crippen molar-refractivity contribution in [1.29, 1.82) is 0 Å². The van der Waals surface area contributed by atoms with Gasteiger partial charge in [0.15, 0.2) is 0 Å². The summed E-state index contributed by atoms with van der Waals surface area (Å²) in [6.07, 6.45) is 6.73. The second-order valence-electron chi connectivity index (χ2n) is 5.17. The number of hydrogen-bond donors (Lipinski definition) is 1. The van der Waals surface area contributed by atoms with Gasteiger partial charge in [-0.15, -0.1) is 11.3 Å². The Bertz CT molecular complexity index is 383. The Morgan fingerprint density at radius 3 is 2.94 bits per heavy atom. The summed E-state index contributed by atoms with van der Waals surface area (Å²) in [4.78, 5) is 1.50. The van der Waals surface area contributed by atoms with Gasteiger partial charge in [-0.25, -0.2) is 0 Å². The quantitative estimate of drug-likeness (QED) is 0.855. The number of hydrogen-bond acceptors (Lipinski definition) is 2. The van der Waals surface area contributed by atoms with Crippen LogP contribution in [0.2, 0.25) is 4.34 Å². The third-order valence-corrected chi connectivity index (χ3v) is 5.51. The zero-order valence-electron chi connectivity index (χ0n) is 9.63. The third kappa shape index (κ3) is 1.92. The molecular weight excluding hydrogens is 238 g/mol. The van der Waals surface area contributed by atoms with Crippen molar-refractivity contribution in [3.63, 3.8) is 0 Å². The summed E-state index contributed by atoms with van der Waals surface area (Å²) in [6.45, 7) is 2.34. The van der Waals surface area contributed by atoms with Crippen molar-refractivity contribution in [3.8, 4) is 0 Å². The molecule has 0 saturated heterocycles. The molecule has 2 unspecified atom stereocenters. The molecule has 0 spiro atoms.